The van der Waals surface area contributed by atoms with Crippen LogP contribution >= 0.6 is 15.9 Å². The summed E-state index contributed by atoms with van der Waals surface area (Å²) in [6.07, 6.45) is 5.82. The molecule has 0 unspecified atom stereocenters. The van der Waals surface area contributed by atoms with E-state index >= 15 is 0 Å². The molecular formula is C28H38BrN3O4S. The minimum Gasteiger partial charge on any atom is -0.352 e. The number of anilines is 1. The summed E-state index contributed by atoms with van der Waals surface area (Å²) >= 11 is 3.44. The first kappa shape index (κ1) is 29.2. The minimum absolute atomic E-state index is 0.133. The van der Waals surface area contributed by atoms with Crippen LogP contribution in [-0.4, -0.2) is 50.0 Å². The fourth-order valence-corrected chi connectivity index (χ4v) is 6.01. The van der Waals surface area contributed by atoms with Crippen molar-refractivity contribution < 1.29 is 18.0 Å². The Balaban J connectivity index is 1.73. The molecule has 1 aliphatic rings. The Morgan fingerprint density at radius 3 is 2.35 bits per heavy atom. The van der Waals surface area contributed by atoms with E-state index in [9.17, 15) is 18.0 Å². The maximum absolute atomic E-state index is 13.5. The normalized spacial score (nSPS) is 14.8. The van der Waals surface area contributed by atoms with Crippen LogP contribution in [0.15, 0.2) is 46.9 Å². The van der Waals surface area contributed by atoms with Gasteiger partial charge in [0.1, 0.15) is 6.04 Å². The van der Waals surface area contributed by atoms with Crippen molar-refractivity contribution in [3.8, 4) is 0 Å². The lowest BCUT2D eigenvalue weighted by Gasteiger charge is -2.30. The third-order valence-corrected chi connectivity index (χ3v) is 8.63. The van der Waals surface area contributed by atoms with Gasteiger partial charge >= 0.3 is 0 Å². The largest absolute Gasteiger partial charge is 0.352 e. The van der Waals surface area contributed by atoms with Crippen molar-refractivity contribution in [1.29, 1.82) is 0 Å². The molecule has 0 heterocycles. The van der Waals surface area contributed by atoms with E-state index < -0.39 is 16.1 Å². The van der Waals surface area contributed by atoms with Crippen LogP contribution in [-0.2, 0) is 26.2 Å². The molecule has 0 saturated heterocycles. The predicted molar refractivity (Wildman–Crippen MR) is 152 cm³/mol. The van der Waals surface area contributed by atoms with Gasteiger partial charge in [0.05, 0.1) is 11.9 Å². The van der Waals surface area contributed by atoms with E-state index in [1.165, 1.54) is 10.6 Å². The number of carbonyl (C=O) groups is 2. The average molecular weight is 593 g/mol. The van der Waals surface area contributed by atoms with Crippen molar-refractivity contribution in [3.05, 3.63) is 63.6 Å². The summed E-state index contributed by atoms with van der Waals surface area (Å²) < 4.78 is 27.5. The third-order valence-electron chi connectivity index (χ3n) is 6.92. The first-order valence-electron chi connectivity index (χ1n) is 12.8. The zero-order valence-corrected chi connectivity index (χ0v) is 24.6. The number of hydrogen-bond donors (Lipinski definition) is 1. The van der Waals surface area contributed by atoms with Gasteiger partial charge in [0.15, 0.2) is 0 Å². The van der Waals surface area contributed by atoms with Crippen molar-refractivity contribution in [2.24, 2.45) is 0 Å². The SMILES string of the molecule is Cc1ccc(C)c(N(CCCC(=O)N(Cc2ccc(Br)cc2)[C@H](C)C(=O)NC2CCCC2)S(C)(=O)=O)c1. The highest BCUT2D eigenvalue weighted by atomic mass is 79.9. The van der Waals surface area contributed by atoms with Crippen LogP contribution in [0.4, 0.5) is 5.69 Å². The number of amides is 2. The summed E-state index contributed by atoms with van der Waals surface area (Å²) in [5.74, 6) is -0.322. The highest BCUT2D eigenvalue weighted by Crippen LogP contribution is 2.25. The fourth-order valence-electron chi connectivity index (χ4n) is 4.73. The number of sulfonamides is 1. The number of nitrogens with one attached hydrogen (secondary N) is 1. The van der Waals surface area contributed by atoms with Gasteiger partial charge in [-0.15, -0.1) is 0 Å². The Morgan fingerprint density at radius 1 is 1.08 bits per heavy atom. The summed E-state index contributed by atoms with van der Waals surface area (Å²) in [5.41, 5.74) is 3.38. The molecule has 3 rings (SSSR count). The van der Waals surface area contributed by atoms with E-state index in [1.807, 2.05) is 56.3 Å². The van der Waals surface area contributed by atoms with Crippen LogP contribution in [0.1, 0.15) is 62.1 Å². The van der Waals surface area contributed by atoms with E-state index in [0.717, 1.165) is 46.8 Å². The molecule has 1 aliphatic carbocycles. The fraction of sp³-hybridized carbons (Fsp3) is 0.500. The number of benzene rings is 2. The molecule has 0 aromatic heterocycles. The first-order valence-corrected chi connectivity index (χ1v) is 15.5. The first-order chi connectivity index (χ1) is 17.5. The van der Waals surface area contributed by atoms with Gasteiger partial charge in [0, 0.05) is 30.0 Å². The summed E-state index contributed by atoms with van der Waals surface area (Å²) in [6.45, 7) is 6.05. The van der Waals surface area contributed by atoms with E-state index in [2.05, 4.69) is 21.2 Å². The van der Waals surface area contributed by atoms with Crippen LogP contribution in [0.2, 0.25) is 0 Å². The van der Waals surface area contributed by atoms with E-state index in [-0.39, 0.29) is 30.8 Å². The average Bonchev–Trinajstić information content (AvgIpc) is 3.35. The highest BCUT2D eigenvalue weighted by Gasteiger charge is 2.29. The lowest BCUT2D eigenvalue weighted by molar-refractivity contribution is -0.141. The highest BCUT2D eigenvalue weighted by molar-refractivity contribution is 9.10. The number of carbonyl (C=O) groups excluding carboxylic acids is 2. The molecule has 9 heteroatoms. The predicted octanol–water partition coefficient (Wildman–Crippen LogP) is 5.09. The topological polar surface area (TPSA) is 86.8 Å². The molecule has 0 radical (unpaired) electrons. The Hall–Kier alpha value is -2.39. The summed E-state index contributed by atoms with van der Waals surface area (Å²) in [7, 11) is -3.53. The van der Waals surface area contributed by atoms with Crippen LogP contribution in [0.3, 0.4) is 0 Å². The Bertz CT molecular complexity index is 1190. The lowest BCUT2D eigenvalue weighted by atomic mass is 10.1. The van der Waals surface area contributed by atoms with Crippen molar-refractivity contribution in [2.45, 2.75) is 77.9 Å². The van der Waals surface area contributed by atoms with Crippen molar-refractivity contribution in [3.63, 3.8) is 0 Å². The molecule has 1 fully saturated rings. The molecule has 202 valence electrons. The maximum atomic E-state index is 13.5. The molecule has 0 bridgehead atoms. The second kappa shape index (κ2) is 12.9. The second-order valence-corrected chi connectivity index (χ2v) is 12.9. The Morgan fingerprint density at radius 2 is 1.73 bits per heavy atom. The van der Waals surface area contributed by atoms with E-state index in [4.69, 9.17) is 0 Å². The van der Waals surface area contributed by atoms with E-state index in [1.54, 1.807) is 11.8 Å². The van der Waals surface area contributed by atoms with Crippen LogP contribution in [0, 0.1) is 13.8 Å². The van der Waals surface area contributed by atoms with Crippen molar-refractivity contribution >= 4 is 43.5 Å². The van der Waals surface area contributed by atoms with Crippen molar-refractivity contribution in [1.82, 2.24) is 10.2 Å². The van der Waals surface area contributed by atoms with Gasteiger partial charge in [0.2, 0.25) is 21.8 Å². The van der Waals surface area contributed by atoms with Gasteiger partial charge in [-0.25, -0.2) is 8.42 Å². The van der Waals surface area contributed by atoms with Gasteiger partial charge in [0.25, 0.3) is 0 Å². The minimum atomic E-state index is -3.53. The number of hydrogen-bond acceptors (Lipinski definition) is 4. The number of nitrogens with zero attached hydrogens (tertiary/aromatic N) is 2. The Kier molecular flexibility index (Phi) is 10.2. The summed E-state index contributed by atoms with van der Waals surface area (Å²) in [5, 5.41) is 3.11. The van der Waals surface area contributed by atoms with Crippen molar-refractivity contribution in [2.75, 3.05) is 17.1 Å². The molecule has 2 aromatic rings. The quantitative estimate of drug-likeness (QED) is 0.394. The number of halogens is 1. The van der Waals surface area contributed by atoms with Gasteiger partial charge in [-0.3, -0.25) is 13.9 Å². The summed E-state index contributed by atoms with van der Waals surface area (Å²) in [6, 6.07) is 12.9. The molecular weight excluding hydrogens is 554 g/mol. The molecule has 2 amide bonds. The molecule has 37 heavy (non-hydrogen) atoms. The molecule has 1 atom stereocenters. The smallest absolute Gasteiger partial charge is 0.242 e. The third kappa shape index (κ3) is 8.30. The molecule has 7 nitrogen and oxygen atoms in total. The second-order valence-electron chi connectivity index (χ2n) is 10.0. The van der Waals surface area contributed by atoms with Gasteiger partial charge in [-0.05, 0) is 74.9 Å². The molecule has 2 aromatic carbocycles. The number of aryl methyl sites for hydroxylation is 2. The standard InChI is InChI=1S/C28H38BrN3O4S/c1-20-11-12-21(2)26(18-20)32(37(4,35)36)17-7-10-27(33)31(19-23-13-15-24(29)16-14-23)22(3)28(34)30-25-8-5-6-9-25/h11-16,18,22,25H,5-10,17,19H2,1-4H3,(H,30,34)/t22-/m1/s1. The van der Waals surface area contributed by atoms with E-state index in [0.29, 0.717) is 18.7 Å². The van der Waals surface area contributed by atoms with Crippen LogP contribution in [0.5, 0.6) is 0 Å². The lowest BCUT2D eigenvalue weighted by Crippen LogP contribution is -2.49. The zero-order chi connectivity index (χ0) is 27.2. The molecule has 1 saturated carbocycles. The van der Waals surface area contributed by atoms with Gasteiger partial charge < -0.3 is 10.2 Å². The Labute approximate surface area is 229 Å². The zero-order valence-electron chi connectivity index (χ0n) is 22.2. The molecule has 0 spiro atoms. The molecule has 1 N–H and O–H groups in total. The summed E-state index contributed by atoms with van der Waals surface area (Å²) in [4.78, 5) is 28.1. The van der Waals surface area contributed by atoms with Gasteiger partial charge in [-0.1, -0.05) is 53.0 Å². The number of rotatable bonds is 11. The monoisotopic (exact) mass is 591 g/mol. The maximum Gasteiger partial charge on any atom is 0.242 e. The van der Waals surface area contributed by atoms with Crippen LogP contribution in [0.25, 0.3) is 0 Å². The van der Waals surface area contributed by atoms with Gasteiger partial charge in [-0.2, -0.15) is 0 Å². The van der Waals surface area contributed by atoms with Crippen LogP contribution < -0.4 is 9.62 Å². The molecule has 0 aliphatic heterocycles.